The molecule has 2 nitrogen and oxygen atoms in total. The highest BCUT2D eigenvalue weighted by Gasteiger charge is 2.20. The number of rotatable bonds is 2. The molecule has 0 aromatic carbocycles. The largest absolute Gasteiger partial charge is 0.329 e. The van der Waals surface area contributed by atoms with Crippen LogP contribution in [0, 0.1) is 0 Å². The van der Waals surface area contributed by atoms with Gasteiger partial charge in [0.2, 0.25) is 0 Å². The predicted molar refractivity (Wildman–Crippen MR) is 35.0 cm³/mol. The normalized spacial score (nSPS) is 29.3. The standard InChI is InChI=1S/C6H13FN2/c7-6-1-3-9(5-6)4-2-8/h6H,1-5,8H2. The number of hydrogen-bond acceptors (Lipinski definition) is 2. The molecule has 54 valence electrons. The van der Waals surface area contributed by atoms with Gasteiger partial charge in [0.25, 0.3) is 0 Å². The number of alkyl halides is 1. The van der Waals surface area contributed by atoms with E-state index in [1.54, 1.807) is 0 Å². The van der Waals surface area contributed by atoms with Gasteiger partial charge >= 0.3 is 0 Å². The molecule has 0 saturated carbocycles. The van der Waals surface area contributed by atoms with Crippen LogP contribution in [0.5, 0.6) is 0 Å². The van der Waals surface area contributed by atoms with Crippen molar-refractivity contribution in [1.82, 2.24) is 4.90 Å². The maximum absolute atomic E-state index is 12.4. The summed E-state index contributed by atoms with van der Waals surface area (Å²) in [5.41, 5.74) is 5.29. The molecule has 2 N–H and O–H groups in total. The first-order valence-corrected chi connectivity index (χ1v) is 3.39. The van der Waals surface area contributed by atoms with Crippen molar-refractivity contribution in [2.75, 3.05) is 26.2 Å². The number of likely N-dealkylation sites (tertiary alicyclic amines) is 1. The third-order valence-electron chi connectivity index (χ3n) is 1.66. The molecule has 0 radical (unpaired) electrons. The van der Waals surface area contributed by atoms with Crippen molar-refractivity contribution in [3.63, 3.8) is 0 Å². The third kappa shape index (κ3) is 1.91. The first-order chi connectivity index (χ1) is 4.33. The quantitative estimate of drug-likeness (QED) is 0.572. The van der Waals surface area contributed by atoms with Crippen molar-refractivity contribution in [1.29, 1.82) is 0 Å². The van der Waals surface area contributed by atoms with Crippen LogP contribution in [0.4, 0.5) is 4.39 Å². The van der Waals surface area contributed by atoms with Crippen molar-refractivity contribution in [2.24, 2.45) is 5.73 Å². The minimum atomic E-state index is -0.600. The first kappa shape index (κ1) is 6.96. The molecule has 0 bridgehead atoms. The van der Waals surface area contributed by atoms with E-state index in [1.807, 2.05) is 0 Å². The van der Waals surface area contributed by atoms with Crippen LogP contribution >= 0.6 is 0 Å². The van der Waals surface area contributed by atoms with Gasteiger partial charge in [-0.3, -0.25) is 4.90 Å². The average Bonchev–Trinajstić information content (AvgIpc) is 2.17. The fourth-order valence-corrected chi connectivity index (χ4v) is 1.17. The van der Waals surface area contributed by atoms with Crippen LogP contribution < -0.4 is 5.73 Å². The van der Waals surface area contributed by atoms with Gasteiger partial charge in [0.15, 0.2) is 0 Å². The van der Waals surface area contributed by atoms with Gasteiger partial charge < -0.3 is 5.73 Å². The smallest absolute Gasteiger partial charge is 0.114 e. The SMILES string of the molecule is NCCN1CCC(F)C1. The molecule has 1 rings (SSSR count). The summed E-state index contributed by atoms with van der Waals surface area (Å²) in [6.45, 7) is 2.97. The van der Waals surface area contributed by atoms with E-state index in [4.69, 9.17) is 5.73 Å². The Labute approximate surface area is 54.8 Å². The molecule has 1 aliphatic heterocycles. The molecule has 0 amide bonds. The Hall–Kier alpha value is -0.150. The molecular weight excluding hydrogens is 119 g/mol. The highest BCUT2D eigenvalue weighted by molar-refractivity contribution is 4.74. The molecule has 1 heterocycles. The lowest BCUT2D eigenvalue weighted by molar-refractivity contribution is 0.293. The zero-order chi connectivity index (χ0) is 6.69. The second-order valence-corrected chi connectivity index (χ2v) is 2.48. The van der Waals surface area contributed by atoms with Gasteiger partial charge in [-0.05, 0) is 6.42 Å². The van der Waals surface area contributed by atoms with Gasteiger partial charge in [0, 0.05) is 26.2 Å². The molecule has 3 heteroatoms. The fraction of sp³-hybridized carbons (Fsp3) is 1.00. The van der Waals surface area contributed by atoms with E-state index in [1.165, 1.54) is 0 Å². The van der Waals surface area contributed by atoms with Gasteiger partial charge in [-0.25, -0.2) is 4.39 Å². The summed E-state index contributed by atoms with van der Waals surface area (Å²) in [7, 11) is 0. The van der Waals surface area contributed by atoms with Gasteiger partial charge in [0.1, 0.15) is 6.17 Å². The molecule has 1 aliphatic rings. The molecule has 1 atom stereocenters. The van der Waals surface area contributed by atoms with Crippen molar-refractivity contribution in [3.8, 4) is 0 Å². The Morgan fingerprint density at radius 3 is 2.89 bits per heavy atom. The number of nitrogens with zero attached hydrogens (tertiary/aromatic N) is 1. The van der Waals surface area contributed by atoms with Gasteiger partial charge in [-0.1, -0.05) is 0 Å². The molecule has 1 saturated heterocycles. The molecule has 0 aliphatic carbocycles. The number of halogens is 1. The maximum atomic E-state index is 12.4. The van der Waals surface area contributed by atoms with Crippen LogP contribution in [0.2, 0.25) is 0 Å². The molecule has 9 heavy (non-hydrogen) atoms. The summed E-state index contributed by atoms with van der Waals surface area (Å²) in [6, 6.07) is 0. The van der Waals surface area contributed by atoms with Crippen LogP contribution in [-0.2, 0) is 0 Å². The molecule has 0 aromatic rings. The van der Waals surface area contributed by atoms with E-state index < -0.39 is 6.17 Å². The Bertz CT molecular complexity index is 85.1. The average molecular weight is 132 g/mol. The fourth-order valence-electron chi connectivity index (χ4n) is 1.17. The monoisotopic (exact) mass is 132 g/mol. The Balaban J connectivity index is 2.14. The van der Waals surface area contributed by atoms with Gasteiger partial charge in [0.05, 0.1) is 0 Å². The van der Waals surface area contributed by atoms with E-state index in [9.17, 15) is 4.39 Å². The summed E-state index contributed by atoms with van der Waals surface area (Å²) in [4.78, 5) is 2.06. The second-order valence-electron chi connectivity index (χ2n) is 2.48. The molecule has 1 unspecified atom stereocenters. The minimum absolute atomic E-state index is 0.594. The second kappa shape index (κ2) is 3.13. The Morgan fingerprint density at radius 2 is 2.44 bits per heavy atom. The minimum Gasteiger partial charge on any atom is -0.329 e. The van der Waals surface area contributed by atoms with Crippen molar-refractivity contribution in [3.05, 3.63) is 0 Å². The first-order valence-electron chi connectivity index (χ1n) is 3.39. The van der Waals surface area contributed by atoms with Crippen LogP contribution in [0.3, 0.4) is 0 Å². The van der Waals surface area contributed by atoms with Crippen molar-refractivity contribution in [2.45, 2.75) is 12.6 Å². The zero-order valence-electron chi connectivity index (χ0n) is 5.52. The lowest BCUT2D eigenvalue weighted by Gasteiger charge is -2.11. The predicted octanol–water partition coefficient (Wildman–Crippen LogP) is -0.0111. The molecule has 1 fully saturated rings. The van der Waals surface area contributed by atoms with E-state index in [0.717, 1.165) is 13.1 Å². The summed E-state index contributed by atoms with van der Waals surface area (Å²) in [6.07, 6.45) is 0.0940. The Morgan fingerprint density at radius 1 is 1.67 bits per heavy atom. The number of hydrogen-bond donors (Lipinski definition) is 1. The maximum Gasteiger partial charge on any atom is 0.114 e. The number of nitrogens with two attached hydrogens (primary N) is 1. The summed E-state index contributed by atoms with van der Waals surface area (Å²) in [5, 5.41) is 0. The van der Waals surface area contributed by atoms with Crippen LogP contribution in [0.1, 0.15) is 6.42 Å². The highest BCUT2D eigenvalue weighted by atomic mass is 19.1. The van der Waals surface area contributed by atoms with Crippen molar-refractivity contribution >= 4 is 0 Å². The van der Waals surface area contributed by atoms with E-state index >= 15 is 0 Å². The van der Waals surface area contributed by atoms with E-state index in [-0.39, 0.29) is 0 Å². The van der Waals surface area contributed by atoms with Gasteiger partial charge in [-0.15, -0.1) is 0 Å². The molecule has 0 aromatic heterocycles. The molecular formula is C6H13FN2. The highest BCUT2D eigenvalue weighted by Crippen LogP contribution is 2.10. The van der Waals surface area contributed by atoms with E-state index in [0.29, 0.717) is 19.5 Å². The van der Waals surface area contributed by atoms with Crippen LogP contribution in [0.25, 0.3) is 0 Å². The summed E-state index contributed by atoms with van der Waals surface area (Å²) >= 11 is 0. The molecule has 0 spiro atoms. The third-order valence-corrected chi connectivity index (χ3v) is 1.66. The van der Waals surface area contributed by atoms with Crippen molar-refractivity contribution < 1.29 is 4.39 Å². The lowest BCUT2D eigenvalue weighted by Crippen LogP contribution is -2.27. The Kier molecular flexibility index (Phi) is 2.42. The van der Waals surface area contributed by atoms with Crippen LogP contribution in [-0.4, -0.2) is 37.3 Å². The topological polar surface area (TPSA) is 29.3 Å². The van der Waals surface area contributed by atoms with Crippen LogP contribution in [0.15, 0.2) is 0 Å². The van der Waals surface area contributed by atoms with E-state index in [2.05, 4.69) is 4.90 Å². The lowest BCUT2D eigenvalue weighted by atomic mass is 10.3. The summed E-state index contributed by atoms with van der Waals surface area (Å²) in [5.74, 6) is 0. The summed E-state index contributed by atoms with van der Waals surface area (Å²) < 4.78 is 12.4. The zero-order valence-corrected chi connectivity index (χ0v) is 5.52. The van der Waals surface area contributed by atoms with Gasteiger partial charge in [-0.2, -0.15) is 0 Å².